The molecule has 3 heteroatoms. The Morgan fingerprint density at radius 3 is 2.15 bits per heavy atom. The van der Waals surface area contributed by atoms with Crippen LogP contribution in [0.1, 0.15) is 18.4 Å². The van der Waals surface area contributed by atoms with Crippen molar-refractivity contribution in [3.8, 4) is 0 Å². The molecule has 1 heterocycles. The molecular formula is C17H20ClNO. The van der Waals surface area contributed by atoms with Crippen LogP contribution in [0.25, 0.3) is 0 Å². The van der Waals surface area contributed by atoms with E-state index < -0.39 is 0 Å². The number of rotatable bonds is 3. The summed E-state index contributed by atoms with van der Waals surface area (Å²) >= 11 is 0. The lowest BCUT2D eigenvalue weighted by Crippen LogP contribution is -2.44. The number of aliphatic hydroxyl groups is 1. The van der Waals surface area contributed by atoms with Crippen LogP contribution in [0, 0.1) is 0 Å². The zero-order chi connectivity index (χ0) is 13.1. The van der Waals surface area contributed by atoms with Gasteiger partial charge in [-0.1, -0.05) is 48.5 Å². The van der Waals surface area contributed by atoms with Crippen molar-refractivity contribution in [1.82, 2.24) is 0 Å². The summed E-state index contributed by atoms with van der Waals surface area (Å²) in [7, 11) is 0. The number of aliphatic hydroxyl groups excluding tert-OH is 1. The maximum atomic E-state index is 10.1. The second kappa shape index (κ2) is 6.29. The molecule has 3 rings (SSSR count). The van der Waals surface area contributed by atoms with E-state index in [2.05, 4.69) is 41.3 Å². The number of benzene rings is 2. The quantitative estimate of drug-likeness (QED) is 0.933. The van der Waals surface area contributed by atoms with E-state index in [0.717, 1.165) is 19.4 Å². The minimum atomic E-state index is -0.261. The van der Waals surface area contributed by atoms with Gasteiger partial charge in [0.25, 0.3) is 0 Å². The molecule has 0 aliphatic carbocycles. The highest BCUT2D eigenvalue weighted by Crippen LogP contribution is 2.41. The van der Waals surface area contributed by atoms with Crippen molar-refractivity contribution in [2.75, 3.05) is 18.1 Å². The second-order valence-electron chi connectivity index (χ2n) is 5.15. The van der Waals surface area contributed by atoms with E-state index in [9.17, 15) is 5.11 Å². The van der Waals surface area contributed by atoms with Gasteiger partial charge in [0.2, 0.25) is 0 Å². The van der Waals surface area contributed by atoms with Gasteiger partial charge in [-0.15, -0.1) is 12.4 Å². The van der Waals surface area contributed by atoms with Crippen molar-refractivity contribution < 1.29 is 5.11 Å². The lowest BCUT2D eigenvalue weighted by Gasteiger charge is -2.39. The molecule has 0 amide bonds. The molecular weight excluding hydrogens is 270 g/mol. The third kappa shape index (κ3) is 2.41. The molecule has 2 aromatic carbocycles. The largest absolute Gasteiger partial charge is 0.394 e. The van der Waals surface area contributed by atoms with Gasteiger partial charge < -0.3 is 10.0 Å². The smallest absolute Gasteiger partial charge is 0.0884 e. The van der Waals surface area contributed by atoms with Gasteiger partial charge in [0.1, 0.15) is 0 Å². The molecule has 1 saturated heterocycles. The summed E-state index contributed by atoms with van der Waals surface area (Å²) in [5, 5.41) is 10.1. The van der Waals surface area contributed by atoms with Crippen LogP contribution in [-0.2, 0) is 5.54 Å². The van der Waals surface area contributed by atoms with Crippen molar-refractivity contribution in [3.05, 3.63) is 66.2 Å². The highest BCUT2D eigenvalue weighted by molar-refractivity contribution is 5.85. The molecule has 0 bridgehead atoms. The monoisotopic (exact) mass is 289 g/mol. The van der Waals surface area contributed by atoms with Crippen molar-refractivity contribution in [3.63, 3.8) is 0 Å². The fourth-order valence-corrected chi connectivity index (χ4v) is 3.17. The molecule has 2 aromatic rings. The van der Waals surface area contributed by atoms with Crippen LogP contribution in [-0.4, -0.2) is 18.3 Å². The molecule has 1 N–H and O–H groups in total. The third-order valence-corrected chi connectivity index (χ3v) is 4.13. The summed E-state index contributed by atoms with van der Waals surface area (Å²) in [6.45, 7) is 1.16. The van der Waals surface area contributed by atoms with Crippen LogP contribution in [0.2, 0.25) is 0 Å². The maximum absolute atomic E-state index is 10.1. The topological polar surface area (TPSA) is 23.5 Å². The molecule has 0 radical (unpaired) electrons. The van der Waals surface area contributed by atoms with Gasteiger partial charge in [-0.25, -0.2) is 0 Å². The molecule has 20 heavy (non-hydrogen) atoms. The van der Waals surface area contributed by atoms with E-state index in [-0.39, 0.29) is 24.6 Å². The van der Waals surface area contributed by atoms with E-state index in [1.807, 2.05) is 24.3 Å². The van der Waals surface area contributed by atoms with Crippen molar-refractivity contribution >= 4 is 18.1 Å². The predicted octanol–water partition coefficient (Wildman–Crippen LogP) is 3.60. The number of hydrogen-bond donors (Lipinski definition) is 1. The lowest BCUT2D eigenvalue weighted by atomic mass is 9.87. The summed E-state index contributed by atoms with van der Waals surface area (Å²) in [6, 6.07) is 20.8. The molecule has 1 fully saturated rings. The van der Waals surface area contributed by atoms with Gasteiger partial charge in [0.15, 0.2) is 0 Å². The van der Waals surface area contributed by atoms with Crippen molar-refractivity contribution in [2.45, 2.75) is 18.4 Å². The Morgan fingerprint density at radius 1 is 0.950 bits per heavy atom. The SMILES string of the molecule is Cl.OCC1(c2ccccc2)CCCN1c1ccccc1. The van der Waals surface area contributed by atoms with Gasteiger partial charge >= 0.3 is 0 Å². The van der Waals surface area contributed by atoms with Crippen LogP contribution in [0.4, 0.5) is 5.69 Å². The first-order valence-corrected chi connectivity index (χ1v) is 6.86. The number of halogens is 1. The molecule has 1 unspecified atom stereocenters. The Hall–Kier alpha value is -1.51. The molecule has 106 valence electrons. The first-order chi connectivity index (χ1) is 9.37. The van der Waals surface area contributed by atoms with Gasteiger partial charge in [-0.3, -0.25) is 0 Å². The summed E-state index contributed by atoms with van der Waals surface area (Å²) in [5.41, 5.74) is 2.14. The van der Waals surface area contributed by atoms with Crippen molar-refractivity contribution in [2.24, 2.45) is 0 Å². The third-order valence-electron chi connectivity index (χ3n) is 4.13. The molecule has 0 spiro atoms. The summed E-state index contributed by atoms with van der Waals surface area (Å²) in [4.78, 5) is 2.35. The Kier molecular flexibility index (Phi) is 4.69. The number of nitrogens with zero attached hydrogens (tertiary/aromatic N) is 1. The van der Waals surface area contributed by atoms with Crippen LogP contribution in [0.5, 0.6) is 0 Å². The van der Waals surface area contributed by atoms with E-state index in [1.165, 1.54) is 11.3 Å². The Bertz CT molecular complexity index is 531. The zero-order valence-electron chi connectivity index (χ0n) is 11.4. The average molecular weight is 290 g/mol. The molecule has 1 aliphatic rings. The summed E-state index contributed by atoms with van der Waals surface area (Å²) < 4.78 is 0. The Balaban J connectivity index is 0.00000147. The molecule has 2 nitrogen and oxygen atoms in total. The molecule has 1 atom stereocenters. The first-order valence-electron chi connectivity index (χ1n) is 6.86. The number of hydrogen-bond acceptors (Lipinski definition) is 2. The van der Waals surface area contributed by atoms with Gasteiger partial charge in [0, 0.05) is 12.2 Å². The predicted molar refractivity (Wildman–Crippen MR) is 85.5 cm³/mol. The molecule has 0 aromatic heterocycles. The summed E-state index contributed by atoms with van der Waals surface area (Å²) in [5.74, 6) is 0. The minimum absolute atomic E-state index is 0. The lowest BCUT2D eigenvalue weighted by molar-refractivity contribution is 0.198. The first kappa shape index (κ1) is 14.9. The number of anilines is 1. The van der Waals surface area contributed by atoms with E-state index in [0.29, 0.717) is 0 Å². The Morgan fingerprint density at radius 2 is 1.55 bits per heavy atom. The second-order valence-corrected chi connectivity index (χ2v) is 5.15. The fourth-order valence-electron chi connectivity index (χ4n) is 3.17. The average Bonchev–Trinajstić information content (AvgIpc) is 2.94. The minimum Gasteiger partial charge on any atom is -0.394 e. The number of para-hydroxylation sites is 1. The van der Waals surface area contributed by atoms with Crippen LogP contribution in [0.15, 0.2) is 60.7 Å². The molecule has 0 saturated carbocycles. The van der Waals surface area contributed by atoms with Gasteiger partial charge in [0.05, 0.1) is 12.1 Å². The Labute approximate surface area is 126 Å². The van der Waals surface area contributed by atoms with Crippen LogP contribution >= 0.6 is 12.4 Å². The van der Waals surface area contributed by atoms with E-state index in [1.54, 1.807) is 0 Å². The normalized spacial score (nSPS) is 21.6. The molecule has 1 aliphatic heterocycles. The maximum Gasteiger partial charge on any atom is 0.0884 e. The van der Waals surface area contributed by atoms with Gasteiger partial charge in [-0.2, -0.15) is 0 Å². The standard InChI is InChI=1S/C17H19NO.ClH/c19-14-17(15-8-3-1-4-9-15)12-7-13-18(17)16-10-5-2-6-11-16;/h1-6,8-11,19H,7,12-14H2;1H. The van der Waals surface area contributed by atoms with Crippen LogP contribution < -0.4 is 4.90 Å². The van der Waals surface area contributed by atoms with Crippen LogP contribution in [0.3, 0.4) is 0 Å². The van der Waals surface area contributed by atoms with Gasteiger partial charge in [-0.05, 0) is 30.5 Å². The fraction of sp³-hybridized carbons (Fsp3) is 0.294. The van der Waals surface area contributed by atoms with Crippen molar-refractivity contribution in [1.29, 1.82) is 0 Å². The van der Waals surface area contributed by atoms with E-state index >= 15 is 0 Å². The zero-order valence-corrected chi connectivity index (χ0v) is 12.2. The highest BCUT2D eigenvalue weighted by Gasteiger charge is 2.41. The van der Waals surface area contributed by atoms with E-state index in [4.69, 9.17) is 0 Å². The highest BCUT2D eigenvalue weighted by atomic mass is 35.5. The summed E-state index contributed by atoms with van der Waals surface area (Å²) in [6.07, 6.45) is 2.12.